The molecule has 1 aromatic heterocycles. The van der Waals surface area contributed by atoms with Crippen molar-refractivity contribution in [2.45, 2.75) is 58.0 Å². The molecule has 0 amide bonds. The van der Waals surface area contributed by atoms with Crippen LogP contribution < -0.4 is 4.72 Å². The Kier molecular flexibility index (Phi) is 4.70. The number of sulfonamides is 1. The van der Waals surface area contributed by atoms with E-state index in [1.165, 1.54) is 0 Å². The molecule has 5 nitrogen and oxygen atoms in total. The summed E-state index contributed by atoms with van der Waals surface area (Å²) in [5.74, 6) is 0. The largest absolute Gasteiger partial charge is 0.271 e. The molecular weight excluding hydrogens is 238 g/mol. The lowest BCUT2D eigenvalue weighted by molar-refractivity contribution is 0.529. The third kappa shape index (κ3) is 3.29. The van der Waals surface area contributed by atoms with E-state index in [0.29, 0.717) is 12.2 Å². The van der Waals surface area contributed by atoms with Crippen LogP contribution in [0.15, 0.2) is 11.1 Å². The van der Waals surface area contributed by atoms with E-state index in [-0.39, 0.29) is 10.9 Å². The highest BCUT2D eigenvalue weighted by molar-refractivity contribution is 7.89. The average molecular weight is 259 g/mol. The standard InChI is InChI=1S/C11H21N3O2S/c1-5-10(6-2)13-17(15,16)11-8-14(7-3)12-9(11)4/h8,10,13H,5-7H2,1-4H3. The van der Waals surface area contributed by atoms with E-state index in [0.717, 1.165) is 12.8 Å². The number of aromatic nitrogens is 2. The van der Waals surface area contributed by atoms with E-state index in [4.69, 9.17) is 0 Å². The summed E-state index contributed by atoms with van der Waals surface area (Å²) < 4.78 is 28.6. The monoisotopic (exact) mass is 259 g/mol. The minimum absolute atomic E-state index is 0.00984. The Morgan fingerprint density at radius 3 is 2.35 bits per heavy atom. The highest BCUT2D eigenvalue weighted by Crippen LogP contribution is 2.14. The molecule has 0 aliphatic rings. The van der Waals surface area contributed by atoms with Gasteiger partial charge in [-0.3, -0.25) is 4.68 Å². The van der Waals surface area contributed by atoms with Gasteiger partial charge in [0.2, 0.25) is 10.0 Å². The summed E-state index contributed by atoms with van der Waals surface area (Å²) in [7, 11) is -3.44. The van der Waals surface area contributed by atoms with Gasteiger partial charge in [-0.2, -0.15) is 5.10 Å². The van der Waals surface area contributed by atoms with Crippen LogP contribution in [-0.2, 0) is 16.6 Å². The minimum atomic E-state index is -3.44. The van der Waals surface area contributed by atoms with Crippen molar-refractivity contribution in [1.29, 1.82) is 0 Å². The molecule has 17 heavy (non-hydrogen) atoms. The fourth-order valence-corrected chi connectivity index (χ4v) is 3.25. The number of hydrogen-bond donors (Lipinski definition) is 1. The van der Waals surface area contributed by atoms with Crippen LogP contribution in [0.2, 0.25) is 0 Å². The van der Waals surface area contributed by atoms with E-state index in [1.54, 1.807) is 17.8 Å². The second-order valence-corrected chi connectivity index (χ2v) is 5.75. The zero-order valence-corrected chi connectivity index (χ0v) is 11.7. The Labute approximate surface area is 103 Å². The molecule has 0 aliphatic heterocycles. The van der Waals surface area contributed by atoms with Crippen molar-refractivity contribution < 1.29 is 8.42 Å². The van der Waals surface area contributed by atoms with E-state index in [1.807, 2.05) is 20.8 Å². The van der Waals surface area contributed by atoms with Crippen molar-refractivity contribution in [3.63, 3.8) is 0 Å². The normalized spacial score (nSPS) is 12.3. The molecule has 0 unspecified atom stereocenters. The zero-order valence-electron chi connectivity index (χ0n) is 10.9. The summed E-state index contributed by atoms with van der Waals surface area (Å²) in [5, 5.41) is 4.15. The molecule has 0 bridgehead atoms. The van der Waals surface area contributed by atoms with Gasteiger partial charge in [-0.1, -0.05) is 13.8 Å². The van der Waals surface area contributed by atoms with Gasteiger partial charge >= 0.3 is 0 Å². The Hall–Kier alpha value is -0.880. The van der Waals surface area contributed by atoms with E-state index < -0.39 is 10.0 Å². The SMILES string of the molecule is CCC(CC)NS(=O)(=O)c1cn(CC)nc1C. The maximum atomic E-state index is 12.1. The molecule has 0 radical (unpaired) electrons. The molecule has 0 saturated heterocycles. The lowest BCUT2D eigenvalue weighted by Crippen LogP contribution is -2.34. The number of hydrogen-bond acceptors (Lipinski definition) is 3. The fourth-order valence-electron chi connectivity index (χ4n) is 1.66. The van der Waals surface area contributed by atoms with Crippen LogP contribution >= 0.6 is 0 Å². The van der Waals surface area contributed by atoms with Gasteiger partial charge in [-0.25, -0.2) is 13.1 Å². The first kappa shape index (κ1) is 14.2. The van der Waals surface area contributed by atoms with Crippen LogP contribution in [0, 0.1) is 6.92 Å². The second kappa shape index (κ2) is 5.64. The Morgan fingerprint density at radius 1 is 1.35 bits per heavy atom. The summed E-state index contributed by atoms with van der Waals surface area (Å²) in [5.41, 5.74) is 0.547. The summed E-state index contributed by atoms with van der Waals surface area (Å²) in [6, 6.07) is -0.00984. The number of aryl methyl sites for hydroxylation is 2. The highest BCUT2D eigenvalue weighted by Gasteiger charge is 2.22. The van der Waals surface area contributed by atoms with Gasteiger partial charge in [0.15, 0.2) is 0 Å². The average Bonchev–Trinajstić information content (AvgIpc) is 2.68. The molecule has 0 spiro atoms. The van der Waals surface area contributed by atoms with Crippen LogP contribution in [0.4, 0.5) is 0 Å². The van der Waals surface area contributed by atoms with Gasteiger partial charge in [-0.05, 0) is 26.7 Å². The first-order valence-corrected chi connectivity index (χ1v) is 7.49. The Morgan fingerprint density at radius 2 is 1.94 bits per heavy atom. The van der Waals surface area contributed by atoms with Gasteiger partial charge < -0.3 is 0 Å². The quantitative estimate of drug-likeness (QED) is 0.845. The van der Waals surface area contributed by atoms with Gasteiger partial charge in [0.05, 0.1) is 5.69 Å². The molecule has 1 N–H and O–H groups in total. The molecule has 0 atom stereocenters. The molecule has 0 saturated carbocycles. The van der Waals surface area contributed by atoms with Crippen molar-refractivity contribution >= 4 is 10.0 Å². The van der Waals surface area contributed by atoms with Crippen molar-refractivity contribution in [3.8, 4) is 0 Å². The zero-order chi connectivity index (χ0) is 13.1. The Balaban J connectivity index is 3.00. The lowest BCUT2D eigenvalue weighted by atomic mass is 10.2. The van der Waals surface area contributed by atoms with Crippen LogP contribution in [0.3, 0.4) is 0 Å². The topological polar surface area (TPSA) is 64.0 Å². The first-order chi connectivity index (χ1) is 7.94. The molecule has 6 heteroatoms. The second-order valence-electron chi connectivity index (χ2n) is 4.07. The molecule has 1 heterocycles. The molecule has 0 fully saturated rings. The summed E-state index contributed by atoms with van der Waals surface area (Å²) >= 11 is 0. The molecule has 98 valence electrons. The summed E-state index contributed by atoms with van der Waals surface area (Å²) in [4.78, 5) is 0.284. The Bertz CT molecular complexity index is 461. The van der Waals surface area contributed by atoms with Gasteiger partial charge in [-0.15, -0.1) is 0 Å². The van der Waals surface area contributed by atoms with Crippen molar-refractivity contribution in [3.05, 3.63) is 11.9 Å². The van der Waals surface area contributed by atoms with Crippen molar-refractivity contribution in [2.24, 2.45) is 0 Å². The summed E-state index contributed by atoms with van der Waals surface area (Å²) in [6.07, 6.45) is 3.16. The van der Waals surface area contributed by atoms with E-state index >= 15 is 0 Å². The summed E-state index contributed by atoms with van der Waals surface area (Å²) in [6.45, 7) is 8.25. The number of nitrogens with one attached hydrogen (secondary N) is 1. The fraction of sp³-hybridized carbons (Fsp3) is 0.727. The molecule has 0 aliphatic carbocycles. The van der Waals surface area contributed by atoms with Crippen molar-refractivity contribution in [2.75, 3.05) is 0 Å². The van der Waals surface area contributed by atoms with Crippen LogP contribution in [0.5, 0.6) is 0 Å². The van der Waals surface area contributed by atoms with E-state index in [9.17, 15) is 8.42 Å². The highest BCUT2D eigenvalue weighted by atomic mass is 32.2. The minimum Gasteiger partial charge on any atom is -0.271 e. The molecular formula is C11H21N3O2S. The van der Waals surface area contributed by atoms with E-state index in [2.05, 4.69) is 9.82 Å². The first-order valence-electron chi connectivity index (χ1n) is 6.00. The third-order valence-corrected chi connectivity index (χ3v) is 4.45. The van der Waals surface area contributed by atoms with Crippen LogP contribution in [0.1, 0.15) is 39.3 Å². The third-order valence-electron chi connectivity index (χ3n) is 2.82. The van der Waals surface area contributed by atoms with Gasteiger partial charge in [0.25, 0.3) is 0 Å². The maximum Gasteiger partial charge on any atom is 0.244 e. The molecule has 1 rings (SSSR count). The maximum absolute atomic E-state index is 12.1. The lowest BCUT2D eigenvalue weighted by Gasteiger charge is -2.14. The number of rotatable bonds is 6. The van der Waals surface area contributed by atoms with Crippen LogP contribution in [0.25, 0.3) is 0 Å². The van der Waals surface area contributed by atoms with Gasteiger partial charge in [0.1, 0.15) is 4.90 Å². The van der Waals surface area contributed by atoms with Crippen LogP contribution in [-0.4, -0.2) is 24.2 Å². The van der Waals surface area contributed by atoms with Crippen molar-refractivity contribution in [1.82, 2.24) is 14.5 Å². The smallest absolute Gasteiger partial charge is 0.244 e. The molecule has 0 aromatic carbocycles. The number of nitrogens with zero attached hydrogens (tertiary/aromatic N) is 2. The molecule has 1 aromatic rings. The van der Waals surface area contributed by atoms with Gasteiger partial charge in [0, 0.05) is 18.8 Å². The predicted octanol–water partition coefficient (Wildman–Crippen LogP) is 1.68. The predicted molar refractivity (Wildman–Crippen MR) is 67.3 cm³/mol.